The van der Waals surface area contributed by atoms with E-state index in [4.69, 9.17) is 15.2 Å². The average Bonchev–Trinajstić information content (AvgIpc) is 2.47. The van der Waals surface area contributed by atoms with E-state index in [0.717, 1.165) is 33.8 Å². The first-order valence-corrected chi connectivity index (χ1v) is 7.21. The average molecular weight is 285 g/mol. The van der Waals surface area contributed by atoms with Gasteiger partial charge in [-0.3, -0.25) is 0 Å². The van der Waals surface area contributed by atoms with Crippen LogP contribution in [0.5, 0.6) is 11.5 Å². The zero-order valence-corrected chi connectivity index (χ0v) is 13.1. The van der Waals surface area contributed by atoms with E-state index in [-0.39, 0.29) is 6.04 Å². The normalized spacial score (nSPS) is 12.0. The monoisotopic (exact) mass is 285 g/mol. The lowest BCUT2D eigenvalue weighted by Gasteiger charge is -2.19. The van der Waals surface area contributed by atoms with Gasteiger partial charge in [0.1, 0.15) is 11.5 Å². The molecular formula is C18H23NO2. The van der Waals surface area contributed by atoms with Gasteiger partial charge < -0.3 is 15.2 Å². The summed E-state index contributed by atoms with van der Waals surface area (Å²) in [5.74, 6) is 1.77. The fraction of sp³-hybridized carbons (Fsp3) is 0.333. The van der Waals surface area contributed by atoms with Gasteiger partial charge >= 0.3 is 0 Å². The minimum absolute atomic E-state index is 0.212. The molecule has 0 saturated heterocycles. The number of rotatable bonds is 5. The molecule has 0 aliphatic carbocycles. The molecule has 0 aliphatic heterocycles. The van der Waals surface area contributed by atoms with Gasteiger partial charge in [-0.15, -0.1) is 0 Å². The first kappa shape index (κ1) is 15.4. The molecule has 21 heavy (non-hydrogen) atoms. The number of para-hydroxylation sites is 1. The Bertz CT molecular complexity index is 599. The maximum absolute atomic E-state index is 6.46. The molecule has 3 nitrogen and oxygen atoms in total. The lowest BCUT2D eigenvalue weighted by atomic mass is 9.95. The number of hydrogen-bond acceptors (Lipinski definition) is 3. The minimum Gasteiger partial charge on any atom is -0.496 e. The molecule has 0 radical (unpaired) electrons. The lowest BCUT2D eigenvalue weighted by Crippen LogP contribution is -2.14. The second kappa shape index (κ2) is 6.64. The SMILES string of the molecule is CCOc1ccccc1C(N)c1cc(C)c(OC)c(C)c1. The highest BCUT2D eigenvalue weighted by Gasteiger charge is 2.16. The molecule has 1 atom stereocenters. The Morgan fingerprint density at radius 2 is 1.71 bits per heavy atom. The van der Waals surface area contributed by atoms with Crippen LogP contribution in [0.15, 0.2) is 36.4 Å². The summed E-state index contributed by atoms with van der Waals surface area (Å²) in [6.45, 7) is 6.68. The van der Waals surface area contributed by atoms with E-state index in [1.165, 1.54) is 0 Å². The summed E-state index contributed by atoms with van der Waals surface area (Å²) in [6, 6.07) is 11.9. The van der Waals surface area contributed by atoms with Crippen molar-refractivity contribution in [1.29, 1.82) is 0 Å². The lowest BCUT2D eigenvalue weighted by molar-refractivity contribution is 0.335. The van der Waals surface area contributed by atoms with Crippen LogP contribution in [0.1, 0.15) is 35.2 Å². The van der Waals surface area contributed by atoms with E-state index >= 15 is 0 Å². The number of methoxy groups -OCH3 is 1. The summed E-state index contributed by atoms with van der Waals surface area (Å²) in [5.41, 5.74) is 10.7. The van der Waals surface area contributed by atoms with Crippen molar-refractivity contribution in [2.24, 2.45) is 5.73 Å². The zero-order chi connectivity index (χ0) is 15.4. The number of benzene rings is 2. The van der Waals surface area contributed by atoms with E-state index in [1.54, 1.807) is 7.11 Å². The largest absolute Gasteiger partial charge is 0.496 e. The summed E-state index contributed by atoms with van der Waals surface area (Å²) < 4.78 is 11.1. The highest BCUT2D eigenvalue weighted by Crippen LogP contribution is 2.32. The fourth-order valence-corrected chi connectivity index (χ4v) is 2.69. The first-order chi connectivity index (χ1) is 10.1. The first-order valence-electron chi connectivity index (χ1n) is 7.21. The van der Waals surface area contributed by atoms with Crippen molar-refractivity contribution >= 4 is 0 Å². The Morgan fingerprint density at radius 1 is 1.10 bits per heavy atom. The molecule has 0 aliphatic rings. The number of hydrogen-bond donors (Lipinski definition) is 1. The zero-order valence-electron chi connectivity index (χ0n) is 13.1. The molecule has 0 amide bonds. The predicted octanol–water partition coefficient (Wildman–Crippen LogP) is 3.76. The van der Waals surface area contributed by atoms with Crippen LogP contribution in [0.25, 0.3) is 0 Å². The molecule has 2 rings (SSSR count). The Labute approximate surface area is 126 Å². The molecule has 2 aromatic carbocycles. The third-order valence-corrected chi connectivity index (χ3v) is 3.60. The van der Waals surface area contributed by atoms with E-state index in [9.17, 15) is 0 Å². The van der Waals surface area contributed by atoms with Gasteiger partial charge in [0.2, 0.25) is 0 Å². The van der Waals surface area contributed by atoms with Crippen LogP contribution in [0.2, 0.25) is 0 Å². The van der Waals surface area contributed by atoms with Crippen LogP contribution >= 0.6 is 0 Å². The van der Waals surface area contributed by atoms with Crippen molar-refractivity contribution in [3.63, 3.8) is 0 Å². The van der Waals surface area contributed by atoms with Gasteiger partial charge in [0.15, 0.2) is 0 Å². The quantitative estimate of drug-likeness (QED) is 0.909. The van der Waals surface area contributed by atoms with Crippen molar-refractivity contribution in [2.75, 3.05) is 13.7 Å². The minimum atomic E-state index is -0.212. The van der Waals surface area contributed by atoms with Crippen molar-refractivity contribution in [3.8, 4) is 11.5 Å². The van der Waals surface area contributed by atoms with Gasteiger partial charge in [0.25, 0.3) is 0 Å². The van der Waals surface area contributed by atoms with E-state index < -0.39 is 0 Å². The van der Waals surface area contributed by atoms with Gasteiger partial charge in [0, 0.05) is 5.56 Å². The number of nitrogens with two attached hydrogens (primary N) is 1. The summed E-state index contributed by atoms with van der Waals surface area (Å²) in [7, 11) is 1.69. The van der Waals surface area contributed by atoms with Gasteiger partial charge in [-0.2, -0.15) is 0 Å². The van der Waals surface area contributed by atoms with Crippen LogP contribution in [0.4, 0.5) is 0 Å². The molecule has 112 valence electrons. The second-order valence-corrected chi connectivity index (χ2v) is 5.14. The van der Waals surface area contributed by atoms with Crippen LogP contribution < -0.4 is 15.2 Å². The predicted molar refractivity (Wildman–Crippen MR) is 86.1 cm³/mol. The van der Waals surface area contributed by atoms with Crippen LogP contribution in [-0.4, -0.2) is 13.7 Å². The standard InChI is InChI=1S/C18H23NO2/c1-5-21-16-9-7-6-8-15(16)17(19)14-10-12(2)18(20-4)13(3)11-14/h6-11,17H,5,19H2,1-4H3. The maximum Gasteiger partial charge on any atom is 0.124 e. The summed E-state index contributed by atoms with van der Waals surface area (Å²) in [6.07, 6.45) is 0. The Balaban J connectivity index is 2.43. The molecule has 0 heterocycles. The fourth-order valence-electron chi connectivity index (χ4n) is 2.69. The molecule has 0 saturated carbocycles. The Morgan fingerprint density at radius 3 is 2.29 bits per heavy atom. The van der Waals surface area contributed by atoms with Gasteiger partial charge in [-0.25, -0.2) is 0 Å². The van der Waals surface area contributed by atoms with Crippen LogP contribution in [0, 0.1) is 13.8 Å². The topological polar surface area (TPSA) is 44.5 Å². The molecule has 0 spiro atoms. The molecule has 2 N–H and O–H groups in total. The van der Waals surface area contributed by atoms with E-state index in [0.29, 0.717) is 6.61 Å². The third kappa shape index (κ3) is 3.19. The summed E-state index contributed by atoms with van der Waals surface area (Å²) in [5, 5.41) is 0. The van der Waals surface area contributed by atoms with Crippen LogP contribution in [-0.2, 0) is 0 Å². The molecule has 3 heteroatoms. The Kier molecular flexibility index (Phi) is 4.86. The van der Waals surface area contributed by atoms with Crippen LogP contribution in [0.3, 0.4) is 0 Å². The molecule has 0 bridgehead atoms. The third-order valence-electron chi connectivity index (χ3n) is 3.60. The smallest absolute Gasteiger partial charge is 0.124 e. The van der Waals surface area contributed by atoms with Crippen molar-refractivity contribution in [2.45, 2.75) is 26.8 Å². The van der Waals surface area contributed by atoms with Crippen molar-refractivity contribution in [1.82, 2.24) is 0 Å². The Hall–Kier alpha value is -2.00. The maximum atomic E-state index is 6.46. The molecule has 0 fully saturated rings. The summed E-state index contributed by atoms with van der Waals surface area (Å²) >= 11 is 0. The number of aryl methyl sites for hydroxylation is 2. The van der Waals surface area contributed by atoms with Gasteiger partial charge in [-0.05, 0) is 43.5 Å². The molecule has 0 aromatic heterocycles. The van der Waals surface area contributed by atoms with Crippen molar-refractivity contribution < 1.29 is 9.47 Å². The van der Waals surface area contributed by atoms with Crippen molar-refractivity contribution in [3.05, 3.63) is 58.7 Å². The summed E-state index contributed by atoms with van der Waals surface area (Å²) in [4.78, 5) is 0. The highest BCUT2D eigenvalue weighted by atomic mass is 16.5. The highest BCUT2D eigenvalue weighted by molar-refractivity contribution is 5.48. The van der Waals surface area contributed by atoms with E-state index in [1.807, 2.05) is 45.0 Å². The molecule has 2 aromatic rings. The van der Waals surface area contributed by atoms with Gasteiger partial charge in [0.05, 0.1) is 19.8 Å². The second-order valence-electron chi connectivity index (χ2n) is 5.14. The van der Waals surface area contributed by atoms with Gasteiger partial charge in [-0.1, -0.05) is 30.3 Å². The van der Waals surface area contributed by atoms with E-state index in [2.05, 4.69) is 12.1 Å². The number of ether oxygens (including phenoxy) is 2. The molecule has 1 unspecified atom stereocenters. The molecular weight excluding hydrogens is 262 g/mol.